The van der Waals surface area contributed by atoms with Gasteiger partial charge in [-0.15, -0.1) is 0 Å². The number of aromatic amines is 1. The van der Waals surface area contributed by atoms with Crippen molar-refractivity contribution in [3.05, 3.63) is 30.1 Å². The number of benzene rings is 1. The van der Waals surface area contributed by atoms with Gasteiger partial charge in [0.15, 0.2) is 0 Å². The summed E-state index contributed by atoms with van der Waals surface area (Å²) in [5.41, 5.74) is 1.95. The molecule has 1 amide bonds. The van der Waals surface area contributed by atoms with Crippen molar-refractivity contribution in [2.75, 3.05) is 33.4 Å². The highest BCUT2D eigenvalue weighted by Gasteiger charge is 2.05. The van der Waals surface area contributed by atoms with Crippen LogP contribution in [0.3, 0.4) is 0 Å². The Bertz CT molecular complexity index is 535. The van der Waals surface area contributed by atoms with E-state index in [1.165, 1.54) is 0 Å². The standard InChI is InChI=1S/C15H22N4O2/c1-21-11-10-16-8-9-17-15(20)7-6-14-18-12-4-2-3-5-13(12)19-14/h2-5,16H,6-11H2,1H3,(H,17,20)(H,18,19). The average molecular weight is 290 g/mol. The van der Waals surface area contributed by atoms with E-state index in [0.717, 1.165) is 29.9 Å². The molecule has 0 unspecified atom stereocenters. The van der Waals surface area contributed by atoms with Gasteiger partial charge in [-0.1, -0.05) is 12.1 Å². The molecule has 0 spiro atoms. The summed E-state index contributed by atoms with van der Waals surface area (Å²) in [4.78, 5) is 19.4. The molecule has 0 aliphatic heterocycles. The van der Waals surface area contributed by atoms with Crippen LogP contribution in [0.2, 0.25) is 0 Å². The molecule has 0 saturated heterocycles. The van der Waals surface area contributed by atoms with Crippen molar-refractivity contribution in [3.8, 4) is 0 Å². The van der Waals surface area contributed by atoms with E-state index in [1.54, 1.807) is 7.11 Å². The number of hydrogen-bond donors (Lipinski definition) is 3. The Morgan fingerprint density at radius 3 is 2.95 bits per heavy atom. The van der Waals surface area contributed by atoms with Gasteiger partial charge in [0.25, 0.3) is 0 Å². The first-order valence-electron chi connectivity index (χ1n) is 7.19. The number of aromatic nitrogens is 2. The summed E-state index contributed by atoms with van der Waals surface area (Å²) in [6.45, 7) is 2.85. The number of hydrogen-bond acceptors (Lipinski definition) is 4. The molecule has 114 valence electrons. The molecule has 2 aromatic rings. The maximum absolute atomic E-state index is 11.7. The fraction of sp³-hybridized carbons (Fsp3) is 0.467. The van der Waals surface area contributed by atoms with Crippen LogP contribution in [0.1, 0.15) is 12.2 Å². The second-order valence-corrected chi connectivity index (χ2v) is 4.79. The summed E-state index contributed by atoms with van der Waals surface area (Å²) in [5, 5.41) is 6.05. The zero-order valence-corrected chi connectivity index (χ0v) is 12.3. The van der Waals surface area contributed by atoms with E-state index in [0.29, 0.717) is 26.0 Å². The lowest BCUT2D eigenvalue weighted by atomic mass is 10.3. The molecule has 0 saturated carbocycles. The maximum Gasteiger partial charge on any atom is 0.220 e. The predicted molar refractivity (Wildman–Crippen MR) is 82.2 cm³/mol. The van der Waals surface area contributed by atoms with Gasteiger partial charge in [-0.05, 0) is 12.1 Å². The number of rotatable bonds is 9. The van der Waals surface area contributed by atoms with Crippen LogP contribution in [-0.2, 0) is 16.0 Å². The van der Waals surface area contributed by atoms with Crippen LogP contribution >= 0.6 is 0 Å². The number of methoxy groups -OCH3 is 1. The Kier molecular flexibility index (Phi) is 6.18. The second-order valence-electron chi connectivity index (χ2n) is 4.79. The molecule has 1 aromatic carbocycles. The molecule has 0 bridgehead atoms. The smallest absolute Gasteiger partial charge is 0.220 e. The van der Waals surface area contributed by atoms with Crippen LogP contribution in [0.5, 0.6) is 0 Å². The lowest BCUT2D eigenvalue weighted by Gasteiger charge is -2.06. The van der Waals surface area contributed by atoms with Gasteiger partial charge in [-0.3, -0.25) is 4.79 Å². The topological polar surface area (TPSA) is 79.0 Å². The Balaban J connectivity index is 1.64. The first-order valence-corrected chi connectivity index (χ1v) is 7.19. The quantitative estimate of drug-likeness (QED) is 0.598. The highest BCUT2D eigenvalue weighted by Crippen LogP contribution is 2.11. The first kappa shape index (κ1) is 15.5. The lowest BCUT2D eigenvalue weighted by molar-refractivity contribution is -0.121. The molecular formula is C15H22N4O2. The van der Waals surface area contributed by atoms with Crippen molar-refractivity contribution in [1.82, 2.24) is 20.6 Å². The van der Waals surface area contributed by atoms with Crippen molar-refractivity contribution in [1.29, 1.82) is 0 Å². The summed E-state index contributed by atoms with van der Waals surface area (Å²) in [7, 11) is 1.67. The third kappa shape index (κ3) is 5.17. The van der Waals surface area contributed by atoms with Crippen molar-refractivity contribution in [3.63, 3.8) is 0 Å². The van der Waals surface area contributed by atoms with Crippen molar-refractivity contribution in [2.24, 2.45) is 0 Å². The monoisotopic (exact) mass is 290 g/mol. The summed E-state index contributed by atoms with van der Waals surface area (Å²) >= 11 is 0. The number of para-hydroxylation sites is 2. The highest BCUT2D eigenvalue weighted by atomic mass is 16.5. The molecule has 0 aliphatic rings. The van der Waals surface area contributed by atoms with E-state index in [4.69, 9.17) is 4.74 Å². The van der Waals surface area contributed by atoms with E-state index >= 15 is 0 Å². The zero-order chi connectivity index (χ0) is 14.9. The van der Waals surface area contributed by atoms with Gasteiger partial charge >= 0.3 is 0 Å². The number of fused-ring (bicyclic) bond motifs is 1. The predicted octanol–water partition coefficient (Wildman–Crippen LogP) is 0.848. The normalized spacial score (nSPS) is 10.9. The van der Waals surface area contributed by atoms with Gasteiger partial charge < -0.3 is 20.4 Å². The van der Waals surface area contributed by atoms with Gasteiger partial charge in [-0.2, -0.15) is 0 Å². The third-order valence-corrected chi connectivity index (χ3v) is 3.13. The van der Waals surface area contributed by atoms with Crippen LogP contribution in [0.25, 0.3) is 11.0 Å². The Hall–Kier alpha value is -1.92. The largest absolute Gasteiger partial charge is 0.383 e. The number of amides is 1. The number of nitrogens with zero attached hydrogens (tertiary/aromatic N) is 1. The van der Waals surface area contributed by atoms with Crippen LogP contribution in [0.15, 0.2) is 24.3 Å². The number of H-pyrrole nitrogens is 1. The minimum atomic E-state index is 0.0454. The molecule has 21 heavy (non-hydrogen) atoms. The maximum atomic E-state index is 11.7. The van der Waals surface area contributed by atoms with Crippen LogP contribution < -0.4 is 10.6 Å². The number of ether oxygens (including phenoxy) is 1. The Morgan fingerprint density at radius 1 is 1.29 bits per heavy atom. The number of carbonyl (C=O) groups excluding carboxylic acids is 1. The van der Waals surface area contributed by atoms with Crippen molar-refractivity contribution in [2.45, 2.75) is 12.8 Å². The molecular weight excluding hydrogens is 268 g/mol. The van der Waals surface area contributed by atoms with E-state index in [1.807, 2.05) is 24.3 Å². The lowest BCUT2D eigenvalue weighted by Crippen LogP contribution is -2.33. The molecule has 6 nitrogen and oxygen atoms in total. The first-order chi connectivity index (χ1) is 10.3. The molecule has 0 fully saturated rings. The van der Waals surface area contributed by atoms with Crippen LogP contribution in [-0.4, -0.2) is 49.2 Å². The fourth-order valence-corrected chi connectivity index (χ4v) is 2.03. The number of nitrogens with one attached hydrogen (secondary N) is 3. The van der Waals surface area contributed by atoms with E-state index < -0.39 is 0 Å². The molecule has 0 atom stereocenters. The van der Waals surface area contributed by atoms with E-state index in [-0.39, 0.29) is 5.91 Å². The van der Waals surface area contributed by atoms with E-state index in [2.05, 4.69) is 20.6 Å². The molecule has 1 heterocycles. The minimum absolute atomic E-state index is 0.0454. The molecule has 1 aromatic heterocycles. The zero-order valence-electron chi connectivity index (χ0n) is 12.3. The SMILES string of the molecule is COCCNCCNC(=O)CCc1nc2ccccc2[nH]1. The molecule has 6 heteroatoms. The number of imidazole rings is 1. The van der Waals surface area contributed by atoms with Crippen LogP contribution in [0.4, 0.5) is 0 Å². The summed E-state index contributed by atoms with van der Waals surface area (Å²) < 4.78 is 4.92. The van der Waals surface area contributed by atoms with Gasteiger partial charge in [0.2, 0.25) is 5.91 Å². The fourth-order valence-electron chi connectivity index (χ4n) is 2.03. The molecule has 3 N–H and O–H groups in total. The summed E-state index contributed by atoms with van der Waals surface area (Å²) in [6.07, 6.45) is 1.06. The molecule has 0 aliphatic carbocycles. The van der Waals surface area contributed by atoms with E-state index in [9.17, 15) is 4.79 Å². The number of carbonyl (C=O) groups is 1. The number of aryl methyl sites for hydroxylation is 1. The van der Waals surface area contributed by atoms with Crippen molar-refractivity contribution >= 4 is 16.9 Å². The van der Waals surface area contributed by atoms with Crippen LogP contribution in [0, 0.1) is 0 Å². The van der Waals surface area contributed by atoms with Crippen molar-refractivity contribution < 1.29 is 9.53 Å². The van der Waals surface area contributed by atoms with Gasteiger partial charge in [-0.25, -0.2) is 4.98 Å². The van der Waals surface area contributed by atoms with Gasteiger partial charge in [0.05, 0.1) is 17.6 Å². The summed E-state index contributed by atoms with van der Waals surface area (Å²) in [5.74, 6) is 0.897. The third-order valence-electron chi connectivity index (χ3n) is 3.13. The Morgan fingerprint density at radius 2 is 2.14 bits per heavy atom. The summed E-state index contributed by atoms with van der Waals surface area (Å²) in [6, 6.07) is 7.86. The second kappa shape index (κ2) is 8.39. The average Bonchev–Trinajstić information content (AvgIpc) is 2.91. The van der Waals surface area contributed by atoms with Gasteiger partial charge in [0.1, 0.15) is 5.82 Å². The molecule has 2 rings (SSSR count). The molecule has 0 radical (unpaired) electrons. The minimum Gasteiger partial charge on any atom is -0.383 e. The Labute approximate surface area is 124 Å². The van der Waals surface area contributed by atoms with Gasteiger partial charge in [0, 0.05) is 39.6 Å². The highest BCUT2D eigenvalue weighted by molar-refractivity contribution is 5.77.